The van der Waals surface area contributed by atoms with Crippen molar-refractivity contribution in [1.82, 2.24) is 4.98 Å². The number of ether oxygens (including phenoxy) is 1. The lowest BCUT2D eigenvalue weighted by Crippen LogP contribution is -2.16. The number of unbranched alkanes of at least 4 members (excludes halogenated alkanes) is 2. The third-order valence-electron chi connectivity index (χ3n) is 4.14. The highest BCUT2D eigenvalue weighted by Gasteiger charge is 2.13. The summed E-state index contributed by atoms with van der Waals surface area (Å²) in [5.74, 6) is 1.06. The predicted octanol–water partition coefficient (Wildman–Crippen LogP) is 5.11. The van der Waals surface area contributed by atoms with Gasteiger partial charge in [0.1, 0.15) is 11.5 Å². The van der Waals surface area contributed by atoms with Crippen LogP contribution in [0.2, 0.25) is 0 Å². The molecule has 0 unspecified atom stereocenters. The highest BCUT2D eigenvalue weighted by molar-refractivity contribution is 5.90. The number of fused-ring (bicyclic) bond motifs is 1. The smallest absolute Gasteiger partial charge is 0.140 e. The van der Waals surface area contributed by atoms with Gasteiger partial charge in [-0.3, -0.25) is 4.98 Å². The summed E-state index contributed by atoms with van der Waals surface area (Å²) in [5, 5.41) is 13.9. The van der Waals surface area contributed by atoms with E-state index in [4.69, 9.17) is 4.74 Å². The fourth-order valence-corrected chi connectivity index (χ4v) is 2.76. The summed E-state index contributed by atoms with van der Waals surface area (Å²) in [7, 11) is 1.79. The van der Waals surface area contributed by atoms with Gasteiger partial charge in [-0.1, -0.05) is 39.5 Å². The normalized spacial score (nSPS) is 11.1. The Labute approximate surface area is 138 Å². The molecular formula is C19H28N2O2. The average Bonchev–Trinajstić information content (AvgIpc) is 2.56. The summed E-state index contributed by atoms with van der Waals surface area (Å²) >= 11 is 0. The molecule has 0 aliphatic carbocycles. The average molecular weight is 316 g/mol. The molecule has 0 fully saturated rings. The third-order valence-corrected chi connectivity index (χ3v) is 4.14. The first-order valence-corrected chi connectivity index (χ1v) is 8.65. The van der Waals surface area contributed by atoms with E-state index in [1.54, 1.807) is 19.3 Å². The van der Waals surface area contributed by atoms with E-state index in [-0.39, 0.29) is 11.9 Å². The van der Waals surface area contributed by atoms with Gasteiger partial charge in [-0.2, -0.15) is 0 Å². The molecule has 2 aromatic rings. The molecule has 0 spiro atoms. The largest absolute Gasteiger partial charge is 0.506 e. The standard InChI is InChI=1S/C19H28N2O2/c1-4-6-8-14(9-7-5-2)23-19-10-11-21-16-13-18(22)17(20-3)12-15(16)19/h10-14,20,22H,4-9H2,1-3H3. The number of pyridine rings is 1. The molecule has 0 radical (unpaired) electrons. The van der Waals surface area contributed by atoms with E-state index in [9.17, 15) is 5.11 Å². The second-order valence-electron chi connectivity index (χ2n) is 5.97. The van der Waals surface area contributed by atoms with Gasteiger partial charge in [-0.05, 0) is 25.0 Å². The lowest BCUT2D eigenvalue weighted by Gasteiger charge is -2.20. The zero-order valence-corrected chi connectivity index (χ0v) is 14.4. The topological polar surface area (TPSA) is 54.4 Å². The zero-order valence-electron chi connectivity index (χ0n) is 14.4. The summed E-state index contributed by atoms with van der Waals surface area (Å²) < 4.78 is 6.32. The van der Waals surface area contributed by atoms with Crippen LogP contribution in [-0.2, 0) is 0 Å². The fourth-order valence-electron chi connectivity index (χ4n) is 2.76. The number of hydrogen-bond acceptors (Lipinski definition) is 4. The molecule has 1 aromatic carbocycles. The highest BCUT2D eigenvalue weighted by Crippen LogP contribution is 2.34. The summed E-state index contributed by atoms with van der Waals surface area (Å²) in [4.78, 5) is 4.34. The van der Waals surface area contributed by atoms with Gasteiger partial charge in [0.2, 0.25) is 0 Å². The molecule has 2 N–H and O–H groups in total. The Bertz CT molecular complexity index is 620. The van der Waals surface area contributed by atoms with Crippen LogP contribution in [0.4, 0.5) is 5.69 Å². The van der Waals surface area contributed by atoms with E-state index in [1.807, 2.05) is 12.1 Å². The molecule has 126 valence electrons. The van der Waals surface area contributed by atoms with Crippen molar-refractivity contribution in [1.29, 1.82) is 0 Å². The van der Waals surface area contributed by atoms with Crippen LogP contribution in [0.1, 0.15) is 52.4 Å². The Morgan fingerprint density at radius 3 is 2.48 bits per heavy atom. The Balaban J connectivity index is 2.29. The van der Waals surface area contributed by atoms with Crippen molar-refractivity contribution in [3.63, 3.8) is 0 Å². The van der Waals surface area contributed by atoms with Crippen molar-refractivity contribution in [2.24, 2.45) is 0 Å². The zero-order chi connectivity index (χ0) is 16.7. The Morgan fingerprint density at radius 2 is 1.87 bits per heavy atom. The Hall–Kier alpha value is -1.97. The first-order chi connectivity index (χ1) is 11.2. The molecule has 0 aliphatic rings. The van der Waals surface area contributed by atoms with Crippen LogP contribution in [-0.4, -0.2) is 23.2 Å². The number of anilines is 1. The van der Waals surface area contributed by atoms with Crippen molar-refractivity contribution < 1.29 is 9.84 Å². The third kappa shape index (κ3) is 4.50. The van der Waals surface area contributed by atoms with Crippen LogP contribution < -0.4 is 10.1 Å². The van der Waals surface area contributed by atoms with E-state index in [2.05, 4.69) is 24.1 Å². The minimum atomic E-state index is 0.207. The molecule has 0 saturated carbocycles. The predicted molar refractivity (Wildman–Crippen MR) is 96.4 cm³/mol. The number of aromatic hydroxyl groups is 1. The first kappa shape index (κ1) is 17.4. The monoisotopic (exact) mass is 316 g/mol. The molecule has 0 saturated heterocycles. The molecule has 1 aromatic heterocycles. The lowest BCUT2D eigenvalue weighted by atomic mass is 10.1. The Morgan fingerprint density at radius 1 is 1.17 bits per heavy atom. The van der Waals surface area contributed by atoms with Crippen molar-refractivity contribution in [3.05, 3.63) is 24.4 Å². The molecule has 0 aliphatic heterocycles. The summed E-state index contributed by atoms with van der Waals surface area (Å²) in [6.45, 7) is 4.42. The minimum Gasteiger partial charge on any atom is -0.506 e. The van der Waals surface area contributed by atoms with Gasteiger partial charge in [-0.15, -0.1) is 0 Å². The first-order valence-electron chi connectivity index (χ1n) is 8.65. The SMILES string of the molecule is CCCCC(CCCC)Oc1ccnc2cc(O)c(NC)cc12. The molecule has 0 atom stereocenters. The number of phenolic OH excluding ortho intramolecular Hbond substituents is 1. The summed E-state index contributed by atoms with van der Waals surface area (Å²) in [5.41, 5.74) is 1.44. The van der Waals surface area contributed by atoms with Crippen LogP contribution >= 0.6 is 0 Å². The van der Waals surface area contributed by atoms with Gasteiger partial charge in [0.05, 0.1) is 17.3 Å². The number of phenols is 1. The molecule has 0 bridgehead atoms. The maximum Gasteiger partial charge on any atom is 0.140 e. The van der Waals surface area contributed by atoms with Gasteiger partial charge in [0, 0.05) is 24.7 Å². The maximum atomic E-state index is 9.97. The molecule has 4 nitrogen and oxygen atoms in total. The van der Waals surface area contributed by atoms with Crippen molar-refractivity contribution in [2.45, 2.75) is 58.5 Å². The van der Waals surface area contributed by atoms with Crippen molar-refractivity contribution in [3.8, 4) is 11.5 Å². The van der Waals surface area contributed by atoms with Gasteiger partial charge in [0.25, 0.3) is 0 Å². The van der Waals surface area contributed by atoms with Crippen LogP contribution in [0.3, 0.4) is 0 Å². The van der Waals surface area contributed by atoms with Crippen LogP contribution in [0.5, 0.6) is 11.5 Å². The highest BCUT2D eigenvalue weighted by atomic mass is 16.5. The van der Waals surface area contributed by atoms with Crippen LogP contribution in [0.25, 0.3) is 10.9 Å². The van der Waals surface area contributed by atoms with Crippen molar-refractivity contribution in [2.75, 3.05) is 12.4 Å². The number of nitrogens with zero attached hydrogens (tertiary/aromatic N) is 1. The molecule has 1 heterocycles. The van der Waals surface area contributed by atoms with Crippen molar-refractivity contribution >= 4 is 16.6 Å². The number of aromatic nitrogens is 1. The van der Waals surface area contributed by atoms with Crippen LogP contribution in [0.15, 0.2) is 24.4 Å². The van der Waals surface area contributed by atoms with E-state index in [0.717, 1.165) is 29.5 Å². The number of rotatable bonds is 9. The fraction of sp³-hybridized carbons (Fsp3) is 0.526. The van der Waals surface area contributed by atoms with Gasteiger partial charge < -0.3 is 15.2 Å². The number of hydrogen-bond donors (Lipinski definition) is 2. The second kappa shape index (κ2) is 8.61. The van der Waals surface area contributed by atoms with Gasteiger partial charge in [0.15, 0.2) is 0 Å². The minimum absolute atomic E-state index is 0.207. The molecule has 23 heavy (non-hydrogen) atoms. The van der Waals surface area contributed by atoms with Gasteiger partial charge in [-0.25, -0.2) is 0 Å². The molecule has 2 rings (SSSR count). The summed E-state index contributed by atoms with van der Waals surface area (Å²) in [6.07, 6.45) is 8.87. The number of benzene rings is 1. The number of nitrogens with one attached hydrogen (secondary N) is 1. The quantitative estimate of drug-likeness (QED) is 0.631. The summed E-state index contributed by atoms with van der Waals surface area (Å²) in [6, 6.07) is 5.51. The Kier molecular flexibility index (Phi) is 6.51. The van der Waals surface area contributed by atoms with E-state index in [1.165, 1.54) is 25.7 Å². The molecule has 0 amide bonds. The maximum absolute atomic E-state index is 9.97. The van der Waals surface area contributed by atoms with E-state index < -0.39 is 0 Å². The molecular weight excluding hydrogens is 288 g/mol. The van der Waals surface area contributed by atoms with Crippen LogP contribution in [0, 0.1) is 0 Å². The lowest BCUT2D eigenvalue weighted by molar-refractivity contribution is 0.176. The van der Waals surface area contributed by atoms with E-state index >= 15 is 0 Å². The van der Waals surface area contributed by atoms with Gasteiger partial charge >= 0.3 is 0 Å². The second-order valence-corrected chi connectivity index (χ2v) is 5.97. The molecule has 4 heteroatoms. The van der Waals surface area contributed by atoms with E-state index in [0.29, 0.717) is 5.69 Å².